The summed E-state index contributed by atoms with van der Waals surface area (Å²) in [7, 11) is 0. The Morgan fingerprint density at radius 2 is 1.61 bits per heavy atom. The van der Waals surface area contributed by atoms with E-state index in [1.54, 1.807) is 0 Å². The summed E-state index contributed by atoms with van der Waals surface area (Å²) in [4.78, 5) is 36.2. The topological polar surface area (TPSA) is 118 Å². The molecule has 4 atom stereocenters. The zero-order chi connectivity index (χ0) is 23.6. The molecule has 0 aromatic rings. The maximum Gasteiger partial charge on any atom is 0.333 e. The van der Waals surface area contributed by atoms with Crippen LogP contribution in [0.2, 0.25) is 0 Å². The van der Waals surface area contributed by atoms with E-state index >= 15 is 0 Å². The highest BCUT2D eigenvalue weighted by Gasteiger charge is 2.52. The van der Waals surface area contributed by atoms with Crippen LogP contribution in [0, 0.1) is 27.9 Å². The predicted molar refractivity (Wildman–Crippen MR) is 120 cm³/mol. The average molecular weight is 438 g/mol. The van der Waals surface area contributed by atoms with Crippen molar-refractivity contribution >= 4 is 11.9 Å². The predicted octanol–water partition coefficient (Wildman–Crippen LogP) is 5.87. The fourth-order valence-electron chi connectivity index (χ4n) is 4.68. The van der Waals surface area contributed by atoms with Gasteiger partial charge in [-0.05, 0) is 24.3 Å². The van der Waals surface area contributed by atoms with Gasteiger partial charge in [0.1, 0.15) is 5.92 Å². The van der Waals surface area contributed by atoms with E-state index in [1.165, 1.54) is 12.2 Å². The second-order valence-electron chi connectivity index (χ2n) is 8.80. The van der Waals surface area contributed by atoms with Gasteiger partial charge in [-0.2, -0.15) is 0 Å². The van der Waals surface area contributed by atoms with Crippen LogP contribution in [-0.2, 0) is 9.59 Å². The van der Waals surface area contributed by atoms with Crippen LogP contribution in [0.4, 0.5) is 0 Å². The van der Waals surface area contributed by atoms with Gasteiger partial charge in [-0.15, -0.1) is 0 Å². The normalized spacial score (nSPS) is 22.9. The van der Waals surface area contributed by atoms with Crippen molar-refractivity contribution < 1.29 is 24.7 Å². The third kappa shape index (κ3) is 6.65. The summed E-state index contributed by atoms with van der Waals surface area (Å²) in [6.07, 6.45) is 10.1. The molecule has 1 aliphatic rings. The van der Waals surface area contributed by atoms with E-state index in [2.05, 4.69) is 13.8 Å². The van der Waals surface area contributed by atoms with Gasteiger partial charge in [-0.25, -0.2) is 4.79 Å². The molecule has 0 fully saturated rings. The summed E-state index contributed by atoms with van der Waals surface area (Å²) >= 11 is 0. The highest BCUT2D eigenvalue weighted by atomic mass is 16.6. The highest BCUT2D eigenvalue weighted by molar-refractivity contribution is 5.96. The number of rotatable bonds is 15. The van der Waals surface area contributed by atoms with Crippen molar-refractivity contribution in [3.8, 4) is 0 Å². The number of carboxylic acid groups (broad SMARTS) is 2. The number of hydrogen-bond donors (Lipinski definition) is 2. The molecule has 1 rings (SSSR count). The van der Waals surface area contributed by atoms with Crippen LogP contribution in [0.3, 0.4) is 0 Å². The minimum atomic E-state index is -1.66. The number of nitrogens with zero attached hydrogens (tertiary/aromatic N) is 1. The molecule has 0 aromatic heterocycles. The van der Waals surface area contributed by atoms with E-state index in [4.69, 9.17) is 0 Å². The van der Waals surface area contributed by atoms with E-state index < -0.39 is 23.4 Å². The minimum absolute atomic E-state index is 0.0668. The molecule has 0 aromatic carbocycles. The highest BCUT2D eigenvalue weighted by Crippen LogP contribution is 2.44. The smallest absolute Gasteiger partial charge is 0.333 e. The molecule has 4 unspecified atom stereocenters. The molecule has 0 heterocycles. The van der Waals surface area contributed by atoms with Gasteiger partial charge in [0, 0.05) is 16.9 Å². The van der Waals surface area contributed by atoms with E-state index in [0.717, 1.165) is 51.4 Å². The Kier molecular flexibility index (Phi) is 10.9. The van der Waals surface area contributed by atoms with Gasteiger partial charge in [0.2, 0.25) is 0 Å². The number of carboxylic acids is 2. The molecule has 0 aliphatic heterocycles. The van der Waals surface area contributed by atoms with Crippen LogP contribution >= 0.6 is 0 Å². The lowest BCUT2D eigenvalue weighted by Crippen LogP contribution is -2.45. The van der Waals surface area contributed by atoms with Gasteiger partial charge < -0.3 is 10.2 Å². The first kappa shape index (κ1) is 26.9. The van der Waals surface area contributed by atoms with Crippen molar-refractivity contribution in [2.45, 2.75) is 97.4 Å². The van der Waals surface area contributed by atoms with Gasteiger partial charge in [0.05, 0.1) is 5.57 Å². The molecule has 0 bridgehead atoms. The lowest BCUT2D eigenvalue weighted by Gasteiger charge is -2.35. The zero-order valence-electron chi connectivity index (χ0n) is 19.4. The van der Waals surface area contributed by atoms with E-state index in [9.17, 15) is 29.9 Å². The number of unbranched alkanes of at least 4 members (excludes halogenated alkanes) is 2. The fourth-order valence-corrected chi connectivity index (χ4v) is 4.68. The van der Waals surface area contributed by atoms with Crippen molar-refractivity contribution in [2.75, 3.05) is 0 Å². The Bertz CT molecular complexity index is 698. The molecule has 0 saturated carbocycles. The van der Waals surface area contributed by atoms with Crippen molar-refractivity contribution in [1.82, 2.24) is 0 Å². The quantitative estimate of drug-likeness (QED) is 0.188. The molecule has 7 heteroatoms. The zero-order valence-corrected chi connectivity index (χ0v) is 19.4. The number of aliphatic carboxylic acids is 2. The maximum atomic E-state index is 12.5. The molecule has 0 spiro atoms. The maximum absolute atomic E-state index is 12.5. The van der Waals surface area contributed by atoms with E-state index in [1.807, 2.05) is 13.8 Å². The second kappa shape index (κ2) is 12.6. The average Bonchev–Trinajstić information content (AvgIpc) is 2.73. The van der Waals surface area contributed by atoms with Gasteiger partial charge >= 0.3 is 11.9 Å². The summed E-state index contributed by atoms with van der Waals surface area (Å²) in [5.74, 6) is -3.87. The summed E-state index contributed by atoms with van der Waals surface area (Å²) < 4.78 is 0. The number of nitro groups is 1. The van der Waals surface area contributed by atoms with Crippen LogP contribution in [0.15, 0.2) is 23.3 Å². The van der Waals surface area contributed by atoms with E-state index in [0.29, 0.717) is 0 Å². The Balaban J connectivity index is 3.62. The SMILES string of the molecule is CCCCC(CC)CC1=C(C(=O)O)C(C(=O)O)C=CC1(CC(CC)CCCC)[N+](=O)[O-]. The van der Waals surface area contributed by atoms with Crippen molar-refractivity contribution in [3.05, 3.63) is 33.4 Å². The lowest BCUT2D eigenvalue weighted by molar-refractivity contribution is -0.547. The first-order chi connectivity index (χ1) is 14.7. The lowest BCUT2D eigenvalue weighted by atomic mass is 9.68. The molecule has 2 N–H and O–H groups in total. The molecule has 1 aliphatic carbocycles. The fraction of sp³-hybridized carbons (Fsp3) is 0.750. The van der Waals surface area contributed by atoms with Crippen LogP contribution in [-0.4, -0.2) is 32.6 Å². The molecule has 31 heavy (non-hydrogen) atoms. The molecule has 0 saturated heterocycles. The largest absolute Gasteiger partial charge is 0.481 e. The standard InChI is InChI=1S/C24H39NO6/c1-5-9-11-17(7-3)15-20-21(23(28)29)19(22(26)27)13-14-24(20,25(30)31)16-18(8-4)12-10-6-2/h13-14,17-19H,5-12,15-16H2,1-4H3,(H,26,27)(H,28,29). The molecule has 0 amide bonds. The third-order valence-corrected chi connectivity index (χ3v) is 6.72. The van der Waals surface area contributed by atoms with Crippen molar-refractivity contribution in [1.29, 1.82) is 0 Å². The van der Waals surface area contributed by atoms with Crippen LogP contribution in [0.1, 0.15) is 91.9 Å². The Labute approximate surface area is 185 Å². The Hall–Kier alpha value is -2.18. The molecular formula is C24H39NO6. The Morgan fingerprint density at radius 1 is 1.06 bits per heavy atom. The van der Waals surface area contributed by atoms with Gasteiger partial charge in [0.15, 0.2) is 0 Å². The van der Waals surface area contributed by atoms with Crippen LogP contribution < -0.4 is 0 Å². The Morgan fingerprint density at radius 3 is 2.03 bits per heavy atom. The van der Waals surface area contributed by atoms with Gasteiger partial charge in [-0.1, -0.05) is 85.1 Å². The summed E-state index contributed by atoms with van der Waals surface area (Å²) in [5, 5.41) is 32.1. The number of carbonyl (C=O) groups is 2. The minimum Gasteiger partial charge on any atom is -0.481 e. The van der Waals surface area contributed by atoms with Crippen LogP contribution in [0.25, 0.3) is 0 Å². The van der Waals surface area contributed by atoms with Crippen LogP contribution in [0.5, 0.6) is 0 Å². The van der Waals surface area contributed by atoms with Crippen molar-refractivity contribution in [3.63, 3.8) is 0 Å². The first-order valence-electron chi connectivity index (χ1n) is 11.7. The molecule has 7 nitrogen and oxygen atoms in total. The third-order valence-electron chi connectivity index (χ3n) is 6.72. The van der Waals surface area contributed by atoms with Gasteiger partial charge in [-0.3, -0.25) is 14.9 Å². The number of hydrogen-bond acceptors (Lipinski definition) is 4. The second-order valence-corrected chi connectivity index (χ2v) is 8.80. The molecule has 176 valence electrons. The molecule has 0 radical (unpaired) electrons. The summed E-state index contributed by atoms with van der Waals surface area (Å²) in [5.41, 5.74) is -1.78. The van der Waals surface area contributed by atoms with Gasteiger partial charge in [0.25, 0.3) is 5.54 Å². The first-order valence-corrected chi connectivity index (χ1v) is 11.7. The molecular weight excluding hydrogens is 398 g/mol. The summed E-state index contributed by atoms with van der Waals surface area (Å²) in [6, 6.07) is 0. The monoisotopic (exact) mass is 437 g/mol. The summed E-state index contributed by atoms with van der Waals surface area (Å²) in [6.45, 7) is 8.14. The van der Waals surface area contributed by atoms with Crippen molar-refractivity contribution in [2.24, 2.45) is 17.8 Å². The van der Waals surface area contributed by atoms with E-state index in [-0.39, 0.29) is 40.7 Å².